The highest BCUT2D eigenvalue weighted by Gasteiger charge is 2.20. The van der Waals surface area contributed by atoms with Crippen molar-refractivity contribution in [2.75, 3.05) is 0 Å². The first-order valence-corrected chi connectivity index (χ1v) is 10.8. The van der Waals surface area contributed by atoms with Gasteiger partial charge in [0.05, 0.1) is 16.6 Å². The number of hydrazine groups is 1. The molecule has 5 aromatic rings. The summed E-state index contributed by atoms with van der Waals surface area (Å²) in [6.45, 7) is 1.99. The Morgan fingerprint density at radius 2 is 1.49 bits per heavy atom. The van der Waals surface area contributed by atoms with E-state index in [1.54, 1.807) is 35.1 Å². The lowest BCUT2D eigenvalue weighted by Crippen LogP contribution is -2.42. The second kappa shape index (κ2) is 9.06. The number of H-pyrrole nitrogens is 1. The van der Waals surface area contributed by atoms with Crippen LogP contribution >= 0.6 is 0 Å². The van der Waals surface area contributed by atoms with Crippen LogP contribution in [0.1, 0.15) is 26.4 Å². The predicted octanol–water partition coefficient (Wildman–Crippen LogP) is 3.16. The molecule has 0 aliphatic rings. The van der Waals surface area contributed by atoms with Gasteiger partial charge in [0.1, 0.15) is 5.69 Å². The summed E-state index contributed by atoms with van der Waals surface area (Å²) in [6.07, 6.45) is 1.61. The maximum atomic E-state index is 13.1. The van der Waals surface area contributed by atoms with Gasteiger partial charge in [-0.05, 0) is 25.1 Å². The second-order valence-electron chi connectivity index (χ2n) is 7.89. The topological polar surface area (TPSA) is 122 Å². The lowest BCUT2D eigenvalue weighted by molar-refractivity contribution is 0.0844. The van der Waals surface area contributed by atoms with Crippen molar-refractivity contribution in [2.45, 2.75) is 6.92 Å². The Kier molecular flexibility index (Phi) is 5.64. The zero-order valence-corrected chi connectivity index (χ0v) is 18.6. The molecular formula is C26H20N6O3. The van der Waals surface area contributed by atoms with Gasteiger partial charge in [0.15, 0.2) is 5.69 Å². The Bertz CT molecular complexity index is 1600. The third-order valence-corrected chi connectivity index (χ3v) is 5.51. The third-order valence-electron chi connectivity index (χ3n) is 5.51. The standard InChI is InChI=1S/C26H20N6O3/c1-16-11-13-18(14-12-16)32-15-21(22(31-32)17-7-3-2-4-8-17)25(34)29-30-26(35)23-19-9-5-6-10-20(19)24(33)28-27-23/h2-15H,1H3,(H,28,33)(H,29,34)(H,30,35). The van der Waals surface area contributed by atoms with E-state index in [1.165, 1.54) is 0 Å². The maximum absolute atomic E-state index is 13.1. The number of benzene rings is 3. The van der Waals surface area contributed by atoms with Gasteiger partial charge in [0.25, 0.3) is 17.4 Å². The van der Waals surface area contributed by atoms with Crippen LogP contribution < -0.4 is 16.4 Å². The zero-order valence-electron chi connectivity index (χ0n) is 18.6. The number of nitrogens with zero attached hydrogens (tertiary/aromatic N) is 3. The molecule has 0 fully saturated rings. The van der Waals surface area contributed by atoms with Crippen LogP contribution in [0.15, 0.2) is 89.9 Å². The van der Waals surface area contributed by atoms with E-state index in [9.17, 15) is 14.4 Å². The highest BCUT2D eigenvalue weighted by Crippen LogP contribution is 2.24. The van der Waals surface area contributed by atoms with Crippen molar-refractivity contribution in [3.05, 3.63) is 112 Å². The summed E-state index contributed by atoms with van der Waals surface area (Å²) < 4.78 is 1.62. The first kappa shape index (κ1) is 21.8. The molecule has 0 atom stereocenters. The fraction of sp³-hybridized carbons (Fsp3) is 0.0385. The van der Waals surface area contributed by atoms with Gasteiger partial charge < -0.3 is 0 Å². The smallest absolute Gasteiger partial charge is 0.267 e. The summed E-state index contributed by atoms with van der Waals surface area (Å²) in [7, 11) is 0. The first-order chi connectivity index (χ1) is 17.0. The average molecular weight is 464 g/mol. The molecule has 9 nitrogen and oxygen atoms in total. The fourth-order valence-corrected chi connectivity index (χ4v) is 3.71. The van der Waals surface area contributed by atoms with Crippen LogP contribution in [-0.4, -0.2) is 31.8 Å². The molecule has 0 saturated carbocycles. The van der Waals surface area contributed by atoms with E-state index < -0.39 is 17.4 Å². The van der Waals surface area contributed by atoms with Crippen molar-refractivity contribution < 1.29 is 9.59 Å². The minimum atomic E-state index is -0.669. The molecule has 172 valence electrons. The lowest BCUT2D eigenvalue weighted by atomic mass is 10.1. The molecule has 0 aliphatic heterocycles. The second-order valence-corrected chi connectivity index (χ2v) is 7.89. The number of aromatic amines is 1. The van der Waals surface area contributed by atoms with Gasteiger partial charge in [0, 0.05) is 17.1 Å². The van der Waals surface area contributed by atoms with E-state index in [4.69, 9.17) is 0 Å². The molecule has 2 heterocycles. The number of amides is 2. The molecule has 5 rings (SSSR count). The van der Waals surface area contributed by atoms with Crippen molar-refractivity contribution in [3.63, 3.8) is 0 Å². The fourth-order valence-electron chi connectivity index (χ4n) is 3.71. The van der Waals surface area contributed by atoms with Crippen LogP contribution in [0.5, 0.6) is 0 Å². The van der Waals surface area contributed by atoms with Crippen molar-refractivity contribution in [3.8, 4) is 16.9 Å². The van der Waals surface area contributed by atoms with E-state index in [0.717, 1.165) is 16.8 Å². The molecule has 0 aliphatic carbocycles. The highest BCUT2D eigenvalue weighted by molar-refractivity contribution is 6.06. The highest BCUT2D eigenvalue weighted by atomic mass is 16.2. The average Bonchev–Trinajstić information content (AvgIpc) is 3.34. The quantitative estimate of drug-likeness (QED) is 0.353. The van der Waals surface area contributed by atoms with E-state index in [1.807, 2.05) is 61.5 Å². The molecule has 2 aromatic heterocycles. The summed E-state index contributed by atoms with van der Waals surface area (Å²) in [5, 5.41) is 11.5. The van der Waals surface area contributed by atoms with Gasteiger partial charge in [-0.15, -0.1) is 0 Å². The minimum absolute atomic E-state index is 0.0147. The monoisotopic (exact) mass is 464 g/mol. The normalized spacial score (nSPS) is 10.8. The SMILES string of the molecule is Cc1ccc(-n2cc(C(=O)NNC(=O)c3n[nH]c(=O)c4ccccc34)c(-c3ccccc3)n2)cc1. The van der Waals surface area contributed by atoms with Gasteiger partial charge in [-0.25, -0.2) is 9.78 Å². The Morgan fingerprint density at radius 3 is 2.23 bits per heavy atom. The molecule has 0 unspecified atom stereocenters. The predicted molar refractivity (Wildman–Crippen MR) is 131 cm³/mol. The van der Waals surface area contributed by atoms with Crippen LogP contribution in [0.4, 0.5) is 0 Å². The number of rotatable bonds is 4. The molecule has 3 aromatic carbocycles. The van der Waals surface area contributed by atoms with E-state index >= 15 is 0 Å². The van der Waals surface area contributed by atoms with Gasteiger partial charge in [0.2, 0.25) is 0 Å². The summed E-state index contributed by atoms with van der Waals surface area (Å²) in [4.78, 5) is 37.9. The molecule has 0 radical (unpaired) electrons. The Hall–Kier alpha value is -5.05. The number of nitrogens with one attached hydrogen (secondary N) is 3. The number of fused-ring (bicyclic) bond motifs is 1. The molecule has 35 heavy (non-hydrogen) atoms. The summed E-state index contributed by atoms with van der Waals surface area (Å²) in [6, 6.07) is 23.6. The molecule has 9 heteroatoms. The molecule has 3 N–H and O–H groups in total. The van der Waals surface area contributed by atoms with Crippen molar-refractivity contribution >= 4 is 22.6 Å². The van der Waals surface area contributed by atoms with Crippen molar-refractivity contribution in [1.82, 2.24) is 30.8 Å². The number of aromatic nitrogens is 4. The van der Waals surface area contributed by atoms with E-state index in [-0.39, 0.29) is 11.3 Å². The van der Waals surface area contributed by atoms with Gasteiger partial charge in [-0.3, -0.25) is 25.2 Å². The lowest BCUT2D eigenvalue weighted by Gasteiger charge is -2.08. The summed E-state index contributed by atoms with van der Waals surface area (Å²) in [5.41, 5.74) is 7.79. The molecule has 0 saturated heterocycles. The number of carbonyl (C=O) groups excluding carboxylic acids is 2. The molecule has 0 spiro atoms. The Balaban J connectivity index is 1.44. The van der Waals surface area contributed by atoms with Crippen molar-refractivity contribution in [1.29, 1.82) is 0 Å². The molecule has 0 bridgehead atoms. The van der Waals surface area contributed by atoms with Crippen LogP contribution in [0, 0.1) is 6.92 Å². The van der Waals surface area contributed by atoms with Gasteiger partial charge >= 0.3 is 0 Å². The van der Waals surface area contributed by atoms with Crippen molar-refractivity contribution in [2.24, 2.45) is 0 Å². The number of carbonyl (C=O) groups is 2. The largest absolute Gasteiger partial charge is 0.290 e. The number of hydrogen-bond donors (Lipinski definition) is 3. The van der Waals surface area contributed by atoms with E-state index in [0.29, 0.717) is 16.5 Å². The van der Waals surface area contributed by atoms with E-state index in [2.05, 4.69) is 26.1 Å². The van der Waals surface area contributed by atoms with Gasteiger partial charge in [-0.2, -0.15) is 10.2 Å². The Morgan fingerprint density at radius 1 is 0.829 bits per heavy atom. The van der Waals surface area contributed by atoms with Crippen LogP contribution in [0.2, 0.25) is 0 Å². The van der Waals surface area contributed by atoms with Gasteiger partial charge in [-0.1, -0.05) is 66.2 Å². The Labute approximate surface area is 199 Å². The summed E-state index contributed by atoms with van der Waals surface area (Å²) >= 11 is 0. The number of hydrogen-bond acceptors (Lipinski definition) is 5. The van der Waals surface area contributed by atoms with Crippen LogP contribution in [0.25, 0.3) is 27.7 Å². The molecular weight excluding hydrogens is 444 g/mol. The molecule has 2 amide bonds. The minimum Gasteiger partial charge on any atom is -0.267 e. The third kappa shape index (κ3) is 4.30. The van der Waals surface area contributed by atoms with Crippen LogP contribution in [-0.2, 0) is 0 Å². The number of aryl methyl sites for hydroxylation is 1. The maximum Gasteiger partial charge on any atom is 0.290 e. The zero-order chi connectivity index (χ0) is 24.4. The van der Waals surface area contributed by atoms with Crippen LogP contribution in [0.3, 0.4) is 0 Å². The summed E-state index contributed by atoms with van der Waals surface area (Å²) in [5.74, 6) is -1.22. The first-order valence-electron chi connectivity index (χ1n) is 10.8.